The summed E-state index contributed by atoms with van der Waals surface area (Å²) in [7, 11) is -4.06. The number of amides is 2. The van der Waals surface area contributed by atoms with Crippen LogP contribution in [0.3, 0.4) is 0 Å². The molecule has 1 saturated heterocycles. The lowest BCUT2D eigenvalue weighted by molar-refractivity contribution is -0.141. The number of likely N-dealkylation sites (tertiary alicyclic amines) is 1. The van der Waals surface area contributed by atoms with Crippen LogP contribution in [-0.4, -0.2) is 58.0 Å². The molecule has 4 rings (SSSR count). The highest BCUT2D eigenvalue weighted by molar-refractivity contribution is 7.90. The van der Waals surface area contributed by atoms with Gasteiger partial charge in [-0.05, 0) is 68.0 Å². The van der Waals surface area contributed by atoms with Crippen molar-refractivity contribution >= 4 is 39.3 Å². The van der Waals surface area contributed by atoms with Crippen molar-refractivity contribution in [2.75, 3.05) is 4.72 Å². The fraction of sp³-hybridized carbons (Fsp3) is 0.407. The van der Waals surface area contributed by atoms with E-state index in [4.69, 9.17) is 11.6 Å². The van der Waals surface area contributed by atoms with Gasteiger partial charge in [0.05, 0.1) is 5.69 Å². The molecule has 13 heteroatoms. The van der Waals surface area contributed by atoms with Crippen LogP contribution in [0.25, 0.3) is 5.69 Å². The molecule has 3 aromatic rings. The van der Waals surface area contributed by atoms with E-state index in [1.807, 2.05) is 20.8 Å². The summed E-state index contributed by atoms with van der Waals surface area (Å²) in [5, 5.41) is 7.60. The molecule has 3 N–H and O–H groups in total. The van der Waals surface area contributed by atoms with E-state index in [9.17, 15) is 18.0 Å². The van der Waals surface area contributed by atoms with Crippen LogP contribution in [0.1, 0.15) is 45.6 Å². The normalized spacial score (nSPS) is 18.1. The van der Waals surface area contributed by atoms with E-state index in [0.29, 0.717) is 29.2 Å². The molecule has 2 aromatic carbocycles. The van der Waals surface area contributed by atoms with E-state index in [-0.39, 0.29) is 30.8 Å². The molecule has 0 aliphatic carbocycles. The summed E-state index contributed by atoms with van der Waals surface area (Å²) in [5.41, 5.74) is 1.82. The van der Waals surface area contributed by atoms with Crippen molar-refractivity contribution in [2.24, 2.45) is 5.92 Å². The molecule has 0 spiro atoms. The maximum Gasteiger partial charge on any atom is 0.299 e. The highest BCUT2D eigenvalue weighted by Crippen LogP contribution is 2.27. The number of halogens is 1. The average molecular weight is 588 g/mol. The maximum atomic E-state index is 13.8. The predicted molar refractivity (Wildman–Crippen MR) is 153 cm³/mol. The molecule has 214 valence electrons. The summed E-state index contributed by atoms with van der Waals surface area (Å²) < 4.78 is 32.4. The minimum atomic E-state index is -4.06. The molecule has 1 aliphatic heterocycles. The van der Waals surface area contributed by atoms with Crippen LogP contribution in [0.15, 0.2) is 61.2 Å². The Labute approximate surface area is 239 Å². The summed E-state index contributed by atoms with van der Waals surface area (Å²) in [6, 6.07) is 11.7. The van der Waals surface area contributed by atoms with Crippen molar-refractivity contribution < 1.29 is 18.0 Å². The second-order valence-corrected chi connectivity index (χ2v) is 12.2. The van der Waals surface area contributed by atoms with Crippen molar-refractivity contribution in [3.63, 3.8) is 0 Å². The summed E-state index contributed by atoms with van der Waals surface area (Å²) in [6.45, 7) is 5.85. The number of hydrogen-bond donors (Lipinski definition) is 3. The van der Waals surface area contributed by atoms with Crippen molar-refractivity contribution in [1.82, 2.24) is 29.7 Å². The molecule has 1 fully saturated rings. The van der Waals surface area contributed by atoms with Gasteiger partial charge in [-0.3, -0.25) is 14.3 Å². The summed E-state index contributed by atoms with van der Waals surface area (Å²) in [6.07, 6.45) is 4.33. The molecule has 1 aromatic heterocycles. The van der Waals surface area contributed by atoms with Crippen LogP contribution >= 0.6 is 11.6 Å². The monoisotopic (exact) mass is 587 g/mol. The molecule has 2 heterocycles. The quantitative estimate of drug-likeness (QED) is 0.315. The van der Waals surface area contributed by atoms with Gasteiger partial charge < -0.3 is 10.2 Å². The van der Waals surface area contributed by atoms with Crippen LogP contribution in [-0.2, 0) is 26.3 Å². The average Bonchev–Trinajstić information content (AvgIpc) is 3.56. The molecular formula is C27H34ClN7O4S. The molecular weight excluding hydrogens is 554 g/mol. The van der Waals surface area contributed by atoms with Gasteiger partial charge in [0.2, 0.25) is 11.8 Å². The van der Waals surface area contributed by atoms with Gasteiger partial charge in [-0.25, -0.2) is 9.67 Å². The summed E-state index contributed by atoms with van der Waals surface area (Å²) >= 11 is 6.21. The zero-order valence-corrected chi connectivity index (χ0v) is 24.2. The number of carbonyl (C=O) groups is 2. The zero-order valence-electron chi connectivity index (χ0n) is 22.6. The van der Waals surface area contributed by atoms with Gasteiger partial charge in [0.25, 0.3) is 10.2 Å². The minimum Gasteiger partial charge on any atom is -0.350 e. The van der Waals surface area contributed by atoms with Crippen LogP contribution in [0.5, 0.6) is 0 Å². The number of anilines is 1. The van der Waals surface area contributed by atoms with Gasteiger partial charge in [0, 0.05) is 23.3 Å². The van der Waals surface area contributed by atoms with Crippen LogP contribution in [0, 0.1) is 5.92 Å². The lowest BCUT2D eigenvalue weighted by atomic mass is 10.0. The van der Waals surface area contributed by atoms with Crippen molar-refractivity contribution in [1.29, 1.82) is 0 Å². The van der Waals surface area contributed by atoms with Crippen molar-refractivity contribution in [3.8, 4) is 5.69 Å². The number of hydrogen-bond acceptors (Lipinski definition) is 6. The second kappa shape index (κ2) is 12.8. The lowest BCUT2D eigenvalue weighted by Crippen LogP contribution is -2.56. The first-order valence-electron chi connectivity index (χ1n) is 13.1. The molecule has 3 atom stereocenters. The Morgan fingerprint density at radius 1 is 1.12 bits per heavy atom. The van der Waals surface area contributed by atoms with E-state index in [0.717, 1.165) is 5.56 Å². The zero-order chi connectivity index (χ0) is 28.9. The standard InChI is InChI=1S/C27H34ClN7O4S/c1-18(2)13-23(33-40(38,39)32-22-7-5-4-6-8-22)27(37)35-19(3)9-11-25(35)26(36)30-15-20-14-21(28)10-12-24(20)34-17-29-16-31-34/h4-8,10,12,14,16-19,23,25,32-33H,9,11,13,15H2,1-3H3,(H,30,36)/t19?,23-,25-/m0/s1. The van der Waals surface area contributed by atoms with Gasteiger partial charge in [0.15, 0.2) is 0 Å². The van der Waals surface area contributed by atoms with E-state index in [1.165, 1.54) is 11.2 Å². The van der Waals surface area contributed by atoms with Gasteiger partial charge >= 0.3 is 0 Å². The van der Waals surface area contributed by atoms with Gasteiger partial charge in [0.1, 0.15) is 24.7 Å². The Bertz CT molecular complexity index is 1420. The number of benzene rings is 2. The first-order valence-corrected chi connectivity index (χ1v) is 15.0. The number of carbonyl (C=O) groups excluding carboxylic acids is 2. The fourth-order valence-corrected chi connectivity index (χ4v) is 6.16. The highest BCUT2D eigenvalue weighted by Gasteiger charge is 2.42. The van der Waals surface area contributed by atoms with Crippen LogP contribution in [0.2, 0.25) is 5.02 Å². The number of nitrogens with one attached hydrogen (secondary N) is 3. The maximum absolute atomic E-state index is 13.8. The summed E-state index contributed by atoms with van der Waals surface area (Å²) in [4.78, 5) is 32.7. The topological polar surface area (TPSA) is 138 Å². The molecule has 0 bridgehead atoms. The van der Waals surface area contributed by atoms with E-state index in [1.54, 1.807) is 59.5 Å². The van der Waals surface area contributed by atoms with Crippen molar-refractivity contribution in [3.05, 3.63) is 71.8 Å². The third-order valence-electron chi connectivity index (χ3n) is 6.71. The number of rotatable bonds is 11. The third-order valence-corrected chi connectivity index (χ3v) is 8.05. The first-order chi connectivity index (χ1) is 19.0. The Morgan fingerprint density at radius 3 is 2.55 bits per heavy atom. The molecule has 1 aliphatic rings. The molecule has 1 unspecified atom stereocenters. The SMILES string of the molecule is CC(C)C[C@H](NS(=O)(=O)Nc1ccccc1)C(=O)N1C(C)CC[C@H]1C(=O)NCc1cc(Cl)ccc1-n1cncn1. The fourth-order valence-electron chi connectivity index (χ4n) is 4.89. The molecule has 2 amide bonds. The number of aromatic nitrogens is 3. The van der Waals surface area contributed by atoms with Gasteiger partial charge in [-0.15, -0.1) is 0 Å². The Balaban J connectivity index is 1.49. The predicted octanol–water partition coefficient (Wildman–Crippen LogP) is 3.28. The van der Waals surface area contributed by atoms with E-state index < -0.39 is 28.2 Å². The number of para-hydroxylation sites is 1. The molecule has 0 radical (unpaired) electrons. The molecule has 0 saturated carbocycles. The number of nitrogens with zero attached hydrogens (tertiary/aromatic N) is 4. The largest absolute Gasteiger partial charge is 0.350 e. The van der Waals surface area contributed by atoms with E-state index >= 15 is 0 Å². The van der Waals surface area contributed by atoms with Gasteiger partial charge in [-0.2, -0.15) is 18.2 Å². The van der Waals surface area contributed by atoms with Gasteiger partial charge in [-0.1, -0.05) is 43.6 Å². The van der Waals surface area contributed by atoms with Crippen molar-refractivity contribution in [2.45, 2.75) is 64.7 Å². The smallest absolute Gasteiger partial charge is 0.299 e. The second-order valence-electron chi connectivity index (χ2n) is 10.3. The summed E-state index contributed by atoms with van der Waals surface area (Å²) in [5.74, 6) is -0.726. The van der Waals surface area contributed by atoms with Crippen LogP contribution in [0.4, 0.5) is 5.69 Å². The first kappa shape index (κ1) is 29.5. The Morgan fingerprint density at radius 2 is 1.88 bits per heavy atom. The van der Waals surface area contributed by atoms with E-state index in [2.05, 4.69) is 24.8 Å². The molecule has 40 heavy (non-hydrogen) atoms. The van der Waals surface area contributed by atoms with Crippen LogP contribution < -0.4 is 14.8 Å². The Hall–Kier alpha value is -3.48. The Kier molecular flexibility index (Phi) is 9.44. The minimum absolute atomic E-state index is 0.0246. The molecule has 11 nitrogen and oxygen atoms in total. The highest BCUT2D eigenvalue weighted by atomic mass is 35.5. The lowest BCUT2D eigenvalue weighted by Gasteiger charge is -2.32. The third kappa shape index (κ3) is 7.38.